The van der Waals surface area contributed by atoms with E-state index in [-0.39, 0.29) is 18.5 Å². The Kier molecular flexibility index (Phi) is 5.66. The Morgan fingerprint density at radius 1 is 1.31 bits per heavy atom. The van der Waals surface area contributed by atoms with Crippen molar-refractivity contribution in [3.63, 3.8) is 0 Å². The zero-order chi connectivity index (χ0) is 18.7. The summed E-state index contributed by atoms with van der Waals surface area (Å²) in [5.41, 5.74) is 1.55. The maximum absolute atomic E-state index is 13.8. The molecule has 26 heavy (non-hydrogen) atoms. The number of carbonyl (C=O) groups excluding carboxylic acids is 1. The Hall–Kier alpha value is -2.28. The fraction of sp³-hybridized carbons (Fsp3) is 0.316. The van der Waals surface area contributed by atoms with E-state index in [9.17, 15) is 9.18 Å². The summed E-state index contributed by atoms with van der Waals surface area (Å²) in [4.78, 5) is 12.2. The van der Waals surface area contributed by atoms with E-state index < -0.39 is 11.7 Å². The molecule has 0 fully saturated rings. The van der Waals surface area contributed by atoms with Gasteiger partial charge < -0.3 is 19.5 Å². The fourth-order valence-corrected chi connectivity index (χ4v) is 3.07. The first-order valence-corrected chi connectivity index (χ1v) is 9.09. The van der Waals surface area contributed by atoms with Crippen molar-refractivity contribution in [2.75, 3.05) is 18.5 Å². The smallest absolute Gasteiger partial charge is 0.262 e. The van der Waals surface area contributed by atoms with Crippen molar-refractivity contribution in [2.24, 2.45) is 0 Å². The number of rotatable bonds is 6. The topological polar surface area (TPSA) is 56.8 Å². The quantitative estimate of drug-likeness (QED) is 0.750. The number of nitrogens with one attached hydrogen (secondary N) is 1. The normalized spacial score (nSPS) is 15.2. The van der Waals surface area contributed by atoms with Crippen LogP contribution in [-0.2, 0) is 11.2 Å². The van der Waals surface area contributed by atoms with Crippen LogP contribution in [0, 0.1) is 5.82 Å². The number of ether oxygens (including phenoxy) is 3. The summed E-state index contributed by atoms with van der Waals surface area (Å²) in [5.74, 6) is 0.365. The van der Waals surface area contributed by atoms with E-state index in [1.165, 1.54) is 12.1 Å². The molecule has 1 unspecified atom stereocenters. The van der Waals surface area contributed by atoms with Crippen LogP contribution in [0.25, 0.3) is 0 Å². The van der Waals surface area contributed by atoms with Gasteiger partial charge in [-0.2, -0.15) is 0 Å². The first kappa shape index (κ1) is 18.5. The molecule has 2 aromatic carbocycles. The lowest BCUT2D eigenvalue weighted by Gasteiger charge is -2.14. The third kappa shape index (κ3) is 4.27. The second kappa shape index (κ2) is 7.95. The van der Waals surface area contributed by atoms with E-state index in [1.54, 1.807) is 12.1 Å². The summed E-state index contributed by atoms with van der Waals surface area (Å²) < 4.78 is 31.0. The molecule has 1 N–H and O–H groups in total. The van der Waals surface area contributed by atoms with Gasteiger partial charge in [-0.3, -0.25) is 4.79 Å². The number of amides is 1. The molecule has 0 radical (unpaired) electrons. The Balaban J connectivity index is 1.69. The van der Waals surface area contributed by atoms with Gasteiger partial charge in [0.1, 0.15) is 17.6 Å². The van der Waals surface area contributed by atoms with Crippen LogP contribution in [0.4, 0.5) is 10.1 Å². The van der Waals surface area contributed by atoms with Gasteiger partial charge in [-0.05, 0) is 38.1 Å². The molecule has 1 amide bonds. The molecule has 0 spiro atoms. The van der Waals surface area contributed by atoms with Crippen LogP contribution in [-0.4, -0.2) is 25.2 Å². The van der Waals surface area contributed by atoms with Crippen LogP contribution >= 0.6 is 15.9 Å². The third-order valence-electron chi connectivity index (χ3n) is 3.82. The SMILES string of the molecule is CCOc1cc2c(cc1NC(=O)COc1ccc(Br)cc1F)OC(C)C2. The van der Waals surface area contributed by atoms with Gasteiger partial charge in [0.2, 0.25) is 0 Å². The van der Waals surface area contributed by atoms with Crippen LogP contribution < -0.4 is 19.5 Å². The van der Waals surface area contributed by atoms with Gasteiger partial charge in [0.25, 0.3) is 5.91 Å². The van der Waals surface area contributed by atoms with Crippen LogP contribution in [0.5, 0.6) is 17.2 Å². The predicted octanol–water partition coefficient (Wildman–Crippen LogP) is 4.33. The van der Waals surface area contributed by atoms with Crippen molar-refractivity contribution in [3.8, 4) is 17.2 Å². The van der Waals surface area contributed by atoms with Crippen LogP contribution in [0.15, 0.2) is 34.8 Å². The number of benzene rings is 2. The lowest BCUT2D eigenvalue weighted by atomic mass is 10.1. The van der Waals surface area contributed by atoms with Gasteiger partial charge in [-0.15, -0.1) is 0 Å². The number of hydrogen-bond acceptors (Lipinski definition) is 4. The molecule has 1 atom stereocenters. The number of fused-ring (bicyclic) bond motifs is 1. The summed E-state index contributed by atoms with van der Waals surface area (Å²) in [6.45, 7) is 4.01. The largest absolute Gasteiger partial charge is 0.492 e. The van der Waals surface area contributed by atoms with Gasteiger partial charge in [-0.25, -0.2) is 4.39 Å². The minimum atomic E-state index is -0.540. The maximum atomic E-state index is 13.8. The molecule has 0 aliphatic carbocycles. The second-order valence-electron chi connectivity index (χ2n) is 5.93. The minimum absolute atomic E-state index is 0.0134. The van der Waals surface area contributed by atoms with Gasteiger partial charge in [-0.1, -0.05) is 15.9 Å². The van der Waals surface area contributed by atoms with Gasteiger partial charge in [0.15, 0.2) is 18.2 Å². The molecular weight excluding hydrogens is 405 g/mol. The molecule has 1 aliphatic heterocycles. The molecule has 5 nitrogen and oxygen atoms in total. The number of halogens is 2. The fourth-order valence-electron chi connectivity index (χ4n) is 2.73. The van der Waals surface area contributed by atoms with Crippen molar-refractivity contribution < 1.29 is 23.4 Å². The van der Waals surface area contributed by atoms with Crippen LogP contribution in [0.3, 0.4) is 0 Å². The van der Waals surface area contributed by atoms with Crippen molar-refractivity contribution in [2.45, 2.75) is 26.4 Å². The summed E-state index contributed by atoms with van der Waals surface area (Å²) in [6.07, 6.45) is 0.893. The molecule has 0 aromatic heterocycles. The van der Waals surface area contributed by atoms with Crippen molar-refractivity contribution in [3.05, 3.63) is 46.2 Å². The Morgan fingerprint density at radius 2 is 2.12 bits per heavy atom. The molecule has 0 bridgehead atoms. The second-order valence-corrected chi connectivity index (χ2v) is 6.85. The van der Waals surface area contributed by atoms with Crippen molar-refractivity contribution in [1.29, 1.82) is 0 Å². The van der Waals surface area contributed by atoms with Crippen molar-refractivity contribution in [1.82, 2.24) is 0 Å². The number of hydrogen-bond donors (Lipinski definition) is 1. The van der Waals surface area contributed by atoms with E-state index >= 15 is 0 Å². The summed E-state index contributed by atoms with van der Waals surface area (Å²) in [5, 5.41) is 2.74. The highest BCUT2D eigenvalue weighted by atomic mass is 79.9. The number of carbonyl (C=O) groups is 1. The zero-order valence-electron chi connectivity index (χ0n) is 14.5. The van der Waals surface area contributed by atoms with E-state index in [0.717, 1.165) is 17.7 Å². The minimum Gasteiger partial charge on any atom is -0.492 e. The van der Waals surface area contributed by atoms with E-state index in [1.807, 2.05) is 19.9 Å². The van der Waals surface area contributed by atoms with Gasteiger partial charge >= 0.3 is 0 Å². The highest BCUT2D eigenvalue weighted by molar-refractivity contribution is 9.10. The average molecular weight is 424 g/mol. The number of anilines is 1. The Labute approximate surface area is 159 Å². The Bertz CT molecular complexity index is 827. The third-order valence-corrected chi connectivity index (χ3v) is 4.32. The highest BCUT2D eigenvalue weighted by Crippen LogP contribution is 2.38. The average Bonchev–Trinajstić information content (AvgIpc) is 2.93. The molecule has 0 saturated heterocycles. The molecule has 7 heteroatoms. The van der Waals surface area contributed by atoms with E-state index in [4.69, 9.17) is 14.2 Å². The molecule has 3 rings (SSSR count). The summed E-state index contributed by atoms with van der Waals surface area (Å²) >= 11 is 3.17. The van der Waals surface area contributed by atoms with Crippen LogP contribution in [0.1, 0.15) is 19.4 Å². The molecular formula is C19H19BrFNO4. The highest BCUT2D eigenvalue weighted by Gasteiger charge is 2.22. The maximum Gasteiger partial charge on any atom is 0.262 e. The first-order valence-electron chi connectivity index (χ1n) is 8.30. The molecule has 0 saturated carbocycles. The van der Waals surface area contributed by atoms with Gasteiger partial charge in [0, 0.05) is 22.5 Å². The molecule has 2 aromatic rings. The van der Waals surface area contributed by atoms with E-state index in [0.29, 0.717) is 22.5 Å². The first-order chi connectivity index (χ1) is 12.5. The monoisotopic (exact) mass is 423 g/mol. The van der Waals surface area contributed by atoms with Gasteiger partial charge in [0.05, 0.1) is 12.3 Å². The van der Waals surface area contributed by atoms with E-state index in [2.05, 4.69) is 21.2 Å². The predicted molar refractivity (Wildman–Crippen MR) is 99.6 cm³/mol. The molecule has 138 valence electrons. The standard InChI is InChI=1S/C19H19BrFNO4/c1-3-24-18-7-12-6-11(2)26-17(12)9-15(18)22-19(23)10-25-16-5-4-13(20)8-14(16)21/h4-5,7-9,11H,3,6,10H2,1-2H3,(H,22,23). The summed E-state index contributed by atoms with van der Waals surface area (Å²) in [6, 6.07) is 8.01. The van der Waals surface area contributed by atoms with Crippen LogP contribution in [0.2, 0.25) is 0 Å². The zero-order valence-corrected chi connectivity index (χ0v) is 16.1. The van der Waals surface area contributed by atoms with Crippen molar-refractivity contribution >= 4 is 27.5 Å². The molecule has 1 aliphatic rings. The lowest BCUT2D eigenvalue weighted by molar-refractivity contribution is -0.118. The summed E-state index contributed by atoms with van der Waals surface area (Å²) in [7, 11) is 0. The Morgan fingerprint density at radius 3 is 2.85 bits per heavy atom. The lowest BCUT2D eigenvalue weighted by Crippen LogP contribution is -2.21. The molecule has 1 heterocycles.